The van der Waals surface area contributed by atoms with Crippen LogP contribution in [0.1, 0.15) is 35.1 Å². The van der Waals surface area contributed by atoms with Crippen molar-refractivity contribution in [2.75, 3.05) is 33.4 Å². The summed E-state index contributed by atoms with van der Waals surface area (Å²) in [4.78, 5) is 2.58. The van der Waals surface area contributed by atoms with E-state index in [-0.39, 0.29) is 11.4 Å². The quantitative estimate of drug-likeness (QED) is 0.732. The minimum absolute atomic E-state index is 0.232. The Labute approximate surface area is 179 Å². The van der Waals surface area contributed by atoms with E-state index in [1.54, 1.807) is 6.07 Å². The van der Waals surface area contributed by atoms with E-state index < -0.39 is 10.0 Å². The molecule has 1 aliphatic heterocycles. The van der Waals surface area contributed by atoms with E-state index in [0.717, 1.165) is 69.7 Å². The average molecular weight is 431 g/mol. The average Bonchev–Trinajstić information content (AvgIpc) is 2.78. The van der Waals surface area contributed by atoms with Gasteiger partial charge in [0.15, 0.2) is 0 Å². The van der Waals surface area contributed by atoms with Gasteiger partial charge in [-0.25, -0.2) is 13.1 Å². The monoisotopic (exact) mass is 430 g/mol. The van der Waals surface area contributed by atoms with Gasteiger partial charge in [-0.1, -0.05) is 24.3 Å². The lowest BCUT2D eigenvalue weighted by Crippen LogP contribution is -2.35. The summed E-state index contributed by atoms with van der Waals surface area (Å²) in [5.74, 6) is 0.421. The van der Waals surface area contributed by atoms with Crippen LogP contribution in [0, 0.1) is 0 Å². The molecular formula is C23H30N2O4S. The molecule has 0 saturated carbocycles. The number of hydrogen-bond acceptors (Lipinski definition) is 5. The van der Waals surface area contributed by atoms with E-state index in [0.29, 0.717) is 5.75 Å². The number of nitrogens with zero attached hydrogens (tertiary/aromatic N) is 1. The SMILES string of the molecule is COc1cc2c(cc1S(=O)(=O)NCc1cccc(CN3CCOCC3)c1)CCCC2. The molecule has 1 heterocycles. The fourth-order valence-corrected chi connectivity index (χ4v) is 5.44. The summed E-state index contributed by atoms with van der Waals surface area (Å²) in [7, 11) is -2.15. The second-order valence-corrected chi connectivity index (χ2v) is 9.75. The van der Waals surface area contributed by atoms with E-state index in [9.17, 15) is 8.42 Å². The smallest absolute Gasteiger partial charge is 0.244 e. The predicted molar refractivity (Wildman–Crippen MR) is 116 cm³/mol. The first kappa shape index (κ1) is 21.3. The van der Waals surface area contributed by atoms with Crippen LogP contribution in [0.4, 0.5) is 0 Å². The molecule has 1 N–H and O–H groups in total. The largest absolute Gasteiger partial charge is 0.495 e. The summed E-state index contributed by atoms with van der Waals surface area (Å²) in [6.07, 6.45) is 4.14. The van der Waals surface area contributed by atoms with Gasteiger partial charge in [-0.2, -0.15) is 0 Å². The van der Waals surface area contributed by atoms with Crippen molar-refractivity contribution in [3.05, 3.63) is 58.7 Å². The predicted octanol–water partition coefficient (Wildman–Crippen LogP) is 2.88. The summed E-state index contributed by atoms with van der Waals surface area (Å²) in [5.41, 5.74) is 4.45. The number of ether oxygens (including phenoxy) is 2. The van der Waals surface area contributed by atoms with Crippen LogP contribution in [0.5, 0.6) is 5.75 Å². The molecule has 0 radical (unpaired) electrons. The van der Waals surface area contributed by atoms with Gasteiger partial charge in [-0.3, -0.25) is 4.90 Å². The van der Waals surface area contributed by atoms with Gasteiger partial charge in [-0.05, 0) is 60.1 Å². The highest BCUT2D eigenvalue weighted by molar-refractivity contribution is 7.89. The van der Waals surface area contributed by atoms with Crippen molar-refractivity contribution in [1.82, 2.24) is 9.62 Å². The number of benzene rings is 2. The van der Waals surface area contributed by atoms with Gasteiger partial charge in [0.05, 0.1) is 20.3 Å². The number of hydrogen-bond donors (Lipinski definition) is 1. The third-order valence-corrected chi connectivity index (χ3v) is 7.31. The van der Waals surface area contributed by atoms with Gasteiger partial charge in [0.1, 0.15) is 10.6 Å². The molecule has 7 heteroatoms. The van der Waals surface area contributed by atoms with Crippen LogP contribution in [0.2, 0.25) is 0 Å². The fourth-order valence-electron chi connectivity index (χ4n) is 4.22. The molecule has 30 heavy (non-hydrogen) atoms. The van der Waals surface area contributed by atoms with E-state index in [2.05, 4.69) is 21.8 Å². The third kappa shape index (κ3) is 5.03. The van der Waals surface area contributed by atoms with Crippen LogP contribution in [-0.4, -0.2) is 46.7 Å². The van der Waals surface area contributed by atoms with Crippen molar-refractivity contribution in [3.63, 3.8) is 0 Å². The number of fused-ring (bicyclic) bond motifs is 1. The number of morpholine rings is 1. The molecule has 162 valence electrons. The normalized spacial score (nSPS) is 17.5. The van der Waals surface area contributed by atoms with Crippen LogP contribution in [0.25, 0.3) is 0 Å². The second kappa shape index (κ2) is 9.47. The molecule has 2 aromatic carbocycles. The lowest BCUT2D eigenvalue weighted by atomic mass is 9.92. The zero-order valence-electron chi connectivity index (χ0n) is 17.5. The van der Waals surface area contributed by atoms with Gasteiger partial charge in [-0.15, -0.1) is 0 Å². The molecule has 1 aliphatic carbocycles. The van der Waals surface area contributed by atoms with Crippen LogP contribution < -0.4 is 9.46 Å². The van der Waals surface area contributed by atoms with Gasteiger partial charge >= 0.3 is 0 Å². The third-order valence-electron chi connectivity index (χ3n) is 5.89. The summed E-state index contributed by atoms with van der Waals surface area (Å²) in [5, 5.41) is 0. The fraction of sp³-hybridized carbons (Fsp3) is 0.478. The van der Waals surface area contributed by atoms with E-state index in [1.165, 1.54) is 18.2 Å². The van der Waals surface area contributed by atoms with E-state index >= 15 is 0 Å². The molecule has 0 bridgehead atoms. The van der Waals surface area contributed by atoms with Gasteiger partial charge < -0.3 is 9.47 Å². The molecule has 0 aromatic heterocycles. The molecule has 1 fully saturated rings. The highest BCUT2D eigenvalue weighted by Gasteiger charge is 2.23. The first-order valence-corrected chi connectivity index (χ1v) is 12.1. The van der Waals surface area contributed by atoms with Gasteiger partial charge in [0.2, 0.25) is 10.0 Å². The Balaban J connectivity index is 1.47. The molecule has 0 unspecified atom stereocenters. The Hall–Kier alpha value is -1.93. The summed E-state index contributed by atoms with van der Waals surface area (Å²) in [6, 6.07) is 11.8. The zero-order chi connectivity index (χ0) is 21.0. The van der Waals surface area contributed by atoms with Crippen molar-refractivity contribution >= 4 is 10.0 Å². The highest BCUT2D eigenvalue weighted by Crippen LogP contribution is 2.32. The standard InChI is InChI=1S/C23H30N2O4S/c1-28-22-14-20-7-2-3-8-21(20)15-23(22)30(26,27)24-16-18-5-4-6-19(13-18)17-25-9-11-29-12-10-25/h4-6,13-15,24H,2-3,7-12,16-17H2,1H3. The van der Waals surface area contributed by atoms with Crippen LogP contribution in [-0.2, 0) is 40.7 Å². The minimum Gasteiger partial charge on any atom is -0.495 e. The van der Waals surface area contributed by atoms with Crippen LogP contribution in [0.15, 0.2) is 41.3 Å². The zero-order valence-corrected chi connectivity index (χ0v) is 18.3. The summed E-state index contributed by atoms with van der Waals surface area (Å²) >= 11 is 0. The van der Waals surface area contributed by atoms with E-state index in [4.69, 9.17) is 9.47 Å². The Morgan fingerprint density at radius 3 is 2.47 bits per heavy atom. The lowest BCUT2D eigenvalue weighted by molar-refractivity contribution is 0.0342. The van der Waals surface area contributed by atoms with Crippen molar-refractivity contribution in [2.45, 2.75) is 43.7 Å². The molecule has 2 aliphatic rings. The number of sulfonamides is 1. The maximum atomic E-state index is 13.1. The lowest BCUT2D eigenvalue weighted by Gasteiger charge is -2.26. The van der Waals surface area contributed by atoms with Crippen molar-refractivity contribution in [1.29, 1.82) is 0 Å². The van der Waals surface area contributed by atoms with Crippen molar-refractivity contribution < 1.29 is 17.9 Å². The molecular weight excluding hydrogens is 400 g/mol. The Bertz CT molecular complexity index is 985. The van der Waals surface area contributed by atoms with Crippen molar-refractivity contribution in [3.8, 4) is 5.75 Å². The van der Waals surface area contributed by atoms with Crippen molar-refractivity contribution in [2.24, 2.45) is 0 Å². The molecule has 0 spiro atoms. The van der Waals surface area contributed by atoms with Gasteiger partial charge in [0.25, 0.3) is 0 Å². The summed E-state index contributed by atoms with van der Waals surface area (Å²) < 4.78 is 39.7. The molecule has 0 atom stereocenters. The molecule has 6 nitrogen and oxygen atoms in total. The molecule has 2 aromatic rings. The molecule has 0 amide bonds. The molecule has 4 rings (SSSR count). The number of nitrogens with one attached hydrogen (secondary N) is 1. The van der Waals surface area contributed by atoms with Crippen LogP contribution in [0.3, 0.4) is 0 Å². The summed E-state index contributed by atoms with van der Waals surface area (Å²) in [6.45, 7) is 4.48. The number of rotatable bonds is 7. The Morgan fingerprint density at radius 1 is 1.03 bits per heavy atom. The minimum atomic E-state index is -3.68. The maximum absolute atomic E-state index is 13.1. The van der Waals surface area contributed by atoms with Crippen LogP contribution >= 0.6 is 0 Å². The maximum Gasteiger partial charge on any atom is 0.244 e. The Morgan fingerprint density at radius 2 is 1.73 bits per heavy atom. The first-order chi connectivity index (χ1) is 14.5. The van der Waals surface area contributed by atoms with Gasteiger partial charge in [0, 0.05) is 26.2 Å². The number of methoxy groups -OCH3 is 1. The first-order valence-electron chi connectivity index (χ1n) is 10.6. The highest BCUT2D eigenvalue weighted by atomic mass is 32.2. The number of aryl methyl sites for hydroxylation is 2. The topological polar surface area (TPSA) is 67.9 Å². The molecule has 1 saturated heterocycles. The Kier molecular flexibility index (Phi) is 6.73. The second-order valence-electron chi connectivity index (χ2n) is 8.01. The van der Waals surface area contributed by atoms with E-state index in [1.807, 2.05) is 18.2 Å².